The first-order valence-corrected chi connectivity index (χ1v) is 8.10. The minimum absolute atomic E-state index is 0.0992. The highest BCUT2D eigenvalue weighted by molar-refractivity contribution is 7.19. The fraction of sp³-hybridized carbons (Fsp3) is 0.600. The number of nitrogens with two attached hydrogens (primary N) is 1. The Balaban J connectivity index is 1.94. The van der Waals surface area contributed by atoms with Gasteiger partial charge in [-0.15, -0.1) is 11.3 Å². The molecule has 0 aliphatic heterocycles. The molecule has 1 fully saturated rings. The highest BCUT2D eigenvalue weighted by Gasteiger charge is 2.34. The molecule has 0 spiro atoms. The summed E-state index contributed by atoms with van der Waals surface area (Å²) in [7, 11) is 1.70. The molecule has 0 amide bonds. The molecule has 0 radical (unpaired) electrons. The minimum atomic E-state index is 0.0992. The lowest BCUT2D eigenvalue weighted by Gasteiger charge is -2.04. The molecule has 0 atom stereocenters. The summed E-state index contributed by atoms with van der Waals surface area (Å²) in [6.07, 6.45) is 4.98. The highest BCUT2D eigenvalue weighted by atomic mass is 32.1. The fourth-order valence-electron chi connectivity index (χ4n) is 2.14. The van der Waals surface area contributed by atoms with Gasteiger partial charge in [-0.3, -0.25) is 4.79 Å². The van der Waals surface area contributed by atoms with Crippen LogP contribution in [0.3, 0.4) is 0 Å². The number of rotatable bonds is 9. The number of carbonyl (C=O) groups is 1. The fourth-order valence-corrected chi connectivity index (χ4v) is 3.26. The zero-order chi connectivity index (χ0) is 15.2. The maximum atomic E-state index is 12.1. The number of nitrogens with one attached hydrogen (secondary N) is 1. The number of hydrogen-bond donors (Lipinski definition) is 2. The number of nitrogen functional groups attached to an aromatic ring is 1. The lowest BCUT2D eigenvalue weighted by Crippen LogP contribution is -2.03. The molecule has 0 saturated heterocycles. The van der Waals surface area contributed by atoms with E-state index in [0.717, 1.165) is 50.3 Å². The number of anilines is 2. The Morgan fingerprint density at radius 3 is 2.86 bits per heavy atom. The van der Waals surface area contributed by atoms with E-state index in [1.54, 1.807) is 7.11 Å². The van der Waals surface area contributed by atoms with Gasteiger partial charge >= 0.3 is 0 Å². The van der Waals surface area contributed by atoms with Crippen LogP contribution in [0.15, 0.2) is 0 Å². The maximum Gasteiger partial charge on any atom is 0.178 e. The molecule has 21 heavy (non-hydrogen) atoms. The molecule has 1 saturated carbocycles. The van der Waals surface area contributed by atoms with E-state index in [4.69, 9.17) is 10.5 Å². The minimum Gasteiger partial charge on any atom is -0.396 e. The Labute approximate surface area is 129 Å². The Hall–Kier alpha value is -1.58. The molecule has 1 aliphatic carbocycles. The van der Waals surface area contributed by atoms with Crippen LogP contribution in [0.5, 0.6) is 0 Å². The molecule has 6 heteroatoms. The van der Waals surface area contributed by atoms with Crippen LogP contribution in [0.2, 0.25) is 0 Å². The molecule has 0 unspecified atom stereocenters. The lowest BCUT2D eigenvalue weighted by molar-refractivity contribution is 0.0972. The summed E-state index contributed by atoms with van der Waals surface area (Å²) in [6.45, 7) is 1.55. The molecular weight excluding hydrogens is 286 g/mol. The van der Waals surface area contributed by atoms with Crippen molar-refractivity contribution in [3.05, 3.63) is 10.4 Å². The summed E-state index contributed by atoms with van der Waals surface area (Å²) in [6, 6.07) is 2.11. The number of carbonyl (C=O) groups excluding carboxylic acids is 1. The molecule has 5 nitrogen and oxygen atoms in total. The second-order valence-electron chi connectivity index (χ2n) is 5.28. The summed E-state index contributed by atoms with van der Waals surface area (Å²) in [5.74, 6) is 0.224. The molecule has 114 valence electrons. The van der Waals surface area contributed by atoms with Gasteiger partial charge in [-0.1, -0.05) is 0 Å². The molecule has 0 bridgehead atoms. The second kappa shape index (κ2) is 7.43. The van der Waals surface area contributed by atoms with Crippen molar-refractivity contribution in [2.45, 2.75) is 32.1 Å². The second-order valence-corrected chi connectivity index (χ2v) is 6.30. The van der Waals surface area contributed by atoms with Gasteiger partial charge in [-0.05, 0) is 32.1 Å². The Morgan fingerprint density at radius 2 is 2.24 bits per heavy atom. The number of thiophene rings is 1. The van der Waals surface area contributed by atoms with Crippen molar-refractivity contribution in [2.75, 3.05) is 31.3 Å². The largest absolute Gasteiger partial charge is 0.396 e. The molecular formula is C15H21N3O2S. The zero-order valence-electron chi connectivity index (χ0n) is 12.3. The maximum absolute atomic E-state index is 12.1. The number of Topliss-reactive ketones (excluding diaryl/α,β-unsaturated/α-hetero) is 1. The van der Waals surface area contributed by atoms with E-state index in [-0.39, 0.29) is 11.7 Å². The molecule has 1 aromatic rings. The van der Waals surface area contributed by atoms with Gasteiger partial charge in [0.05, 0.1) is 10.6 Å². The van der Waals surface area contributed by atoms with Crippen molar-refractivity contribution in [1.82, 2.24) is 0 Å². The summed E-state index contributed by atoms with van der Waals surface area (Å²) in [5.41, 5.74) is 6.73. The van der Waals surface area contributed by atoms with E-state index in [9.17, 15) is 10.1 Å². The summed E-state index contributed by atoms with van der Waals surface area (Å²) in [4.78, 5) is 12.7. The van der Waals surface area contributed by atoms with Crippen LogP contribution in [0.4, 0.5) is 10.7 Å². The van der Waals surface area contributed by atoms with Gasteiger partial charge in [-0.2, -0.15) is 5.26 Å². The van der Waals surface area contributed by atoms with Crippen LogP contribution in [0.1, 0.15) is 47.3 Å². The van der Waals surface area contributed by atoms with Gasteiger partial charge in [0.25, 0.3) is 0 Å². The lowest BCUT2D eigenvalue weighted by atomic mass is 10.1. The summed E-state index contributed by atoms with van der Waals surface area (Å²) < 4.78 is 5.00. The zero-order valence-corrected chi connectivity index (χ0v) is 13.1. The SMILES string of the molecule is COCCCCCNc1sc(C(=O)C2CC2)c(N)c1C#N. The van der Waals surface area contributed by atoms with E-state index in [1.165, 1.54) is 11.3 Å². The van der Waals surface area contributed by atoms with Gasteiger partial charge in [0.15, 0.2) is 5.78 Å². The topological polar surface area (TPSA) is 88.1 Å². The van der Waals surface area contributed by atoms with Crippen molar-refractivity contribution in [2.24, 2.45) is 5.92 Å². The van der Waals surface area contributed by atoms with Crippen molar-refractivity contribution in [3.8, 4) is 6.07 Å². The van der Waals surface area contributed by atoms with Crippen LogP contribution in [-0.2, 0) is 4.74 Å². The van der Waals surface area contributed by atoms with Crippen molar-refractivity contribution in [3.63, 3.8) is 0 Å². The predicted molar refractivity (Wildman–Crippen MR) is 84.7 cm³/mol. The first kappa shape index (κ1) is 15.8. The van der Waals surface area contributed by atoms with E-state index < -0.39 is 0 Å². The van der Waals surface area contributed by atoms with Gasteiger partial charge in [0.2, 0.25) is 0 Å². The quantitative estimate of drug-likeness (QED) is 0.541. The van der Waals surface area contributed by atoms with E-state index in [2.05, 4.69) is 11.4 Å². The highest BCUT2D eigenvalue weighted by Crippen LogP contribution is 2.41. The van der Waals surface area contributed by atoms with E-state index in [1.807, 2.05) is 0 Å². The number of hydrogen-bond acceptors (Lipinski definition) is 6. The van der Waals surface area contributed by atoms with Gasteiger partial charge in [0.1, 0.15) is 16.6 Å². The van der Waals surface area contributed by atoms with Crippen molar-refractivity contribution >= 4 is 27.8 Å². The van der Waals surface area contributed by atoms with Crippen LogP contribution in [-0.4, -0.2) is 26.0 Å². The summed E-state index contributed by atoms with van der Waals surface area (Å²) in [5, 5.41) is 13.2. The van der Waals surface area contributed by atoms with Crippen LogP contribution >= 0.6 is 11.3 Å². The summed E-state index contributed by atoms with van der Waals surface area (Å²) >= 11 is 1.32. The Bertz CT molecular complexity index is 544. The van der Waals surface area contributed by atoms with Crippen LogP contribution < -0.4 is 11.1 Å². The van der Waals surface area contributed by atoms with Crippen molar-refractivity contribution < 1.29 is 9.53 Å². The molecule has 1 aromatic heterocycles. The van der Waals surface area contributed by atoms with Gasteiger partial charge in [0, 0.05) is 26.2 Å². The Kier molecular flexibility index (Phi) is 5.59. The molecule has 1 aliphatic rings. The van der Waals surface area contributed by atoms with Crippen molar-refractivity contribution in [1.29, 1.82) is 5.26 Å². The molecule has 1 heterocycles. The third-order valence-corrected chi connectivity index (χ3v) is 4.72. The first-order chi connectivity index (χ1) is 10.2. The average molecular weight is 307 g/mol. The third-order valence-electron chi connectivity index (χ3n) is 3.54. The van der Waals surface area contributed by atoms with E-state index in [0.29, 0.717) is 16.1 Å². The number of nitrogens with zero attached hydrogens (tertiary/aromatic N) is 1. The number of nitriles is 1. The number of methoxy groups -OCH3 is 1. The van der Waals surface area contributed by atoms with Gasteiger partial charge < -0.3 is 15.8 Å². The number of ketones is 1. The first-order valence-electron chi connectivity index (χ1n) is 7.28. The van der Waals surface area contributed by atoms with E-state index >= 15 is 0 Å². The average Bonchev–Trinajstić information content (AvgIpc) is 3.27. The predicted octanol–water partition coefficient (Wildman–Crippen LogP) is 3.02. The number of ether oxygens (including phenoxy) is 1. The number of unbranched alkanes of at least 4 members (excludes halogenated alkanes) is 2. The molecule has 3 N–H and O–H groups in total. The molecule has 2 rings (SSSR count). The van der Waals surface area contributed by atoms with Crippen LogP contribution in [0, 0.1) is 17.2 Å². The standard InChI is InChI=1S/C15H21N3O2S/c1-20-8-4-2-3-7-18-15-11(9-16)12(17)14(21-15)13(19)10-5-6-10/h10,18H,2-8,17H2,1H3. The molecule has 0 aromatic carbocycles. The monoisotopic (exact) mass is 307 g/mol. The Morgan fingerprint density at radius 1 is 1.48 bits per heavy atom. The van der Waals surface area contributed by atoms with Gasteiger partial charge in [-0.25, -0.2) is 0 Å². The third kappa shape index (κ3) is 3.96. The smallest absolute Gasteiger partial charge is 0.178 e. The van der Waals surface area contributed by atoms with Crippen LogP contribution in [0.25, 0.3) is 0 Å². The normalized spacial score (nSPS) is 13.9.